The molecule has 0 saturated carbocycles. The summed E-state index contributed by atoms with van der Waals surface area (Å²) in [4.78, 5) is 17.7. The van der Waals surface area contributed by atoms with E-state index in [0.29, 0.717) is 10.1 Å². The Morgan fingerprint density at radius 2 is 1.72 bits per heavy atom. The van der Waals surface area contributed by atoms with E-state index in [2.05, 4.69) is 66.0 Å². The topological polar surface area (TPSA) is 46.4 Å². The average Bonchev–Trinajstić information content (AvgIpc) is 3.16. The monoisotopic (exact) mass is 401 g/mol. The van der Waals surface area contributed by atoms with Gasteiger partial charge in [0.25, 0.3) is 5.91 Å². The van der Waals surface area contributed by atoms with Crippen molar-refractivity contribution in [2.24, 2.45) is 4.99 Å². The number of rotatable bonds is 3. The van der Waals surface area contributed by atoms with E-state index in [1.165, 1.54) is 22.9 Å². The lowest BCUT2D eigenvalue weighted by molar-refractivity contribution is -0.115. The molecule has 1 N–H and O–H groups in total. The first kappa shape index (κ1) is 19.3. The molecule has 0 bridgehead atoms. The Morgan fingerprint density at radius 1 is 0.966 bits per heavy atom. The molecule has 0 spiro atoms. The van der Waals surface area contributed by atoms with Crippen LogP contribution in [0.25, 0.3) is 11.8 Å². The van der Waals surface area contributed by atoms with Gasteiger partial charge in [0.15, 0.2) is 5.17 Å². The zero-order valence-electron chi connectivity index (χ0n) is 17.0. The molecule has 1 saturated heterocycles. The Labute approximate surface area is 175 Å². The fraction of sp³-hybridized carbons (Fsp3) is 0.167. The molecule has 5 heteroatoms. The third-order valence-electron chi connectivity index (χ3n) is 4.93. The molecule has 1 aromatic heterocycles. The number of nitrogens with one attached hydrogen (secondary N) is 1. The summed E-state index contributed by atoms with van der Waals surface area (Å²) in [5, 5.41) is 3.48. The predicted molar refractivity (Wildman–Crippen MR) is 122 cm³/mol. The van der Waals surface area contributed by atoms with Gasteiger partial charge in [-0.25, -0.2) is 4.99 Å². The van der Waals surface area contributed by atoms with Gasteiger partial charge in [0, 0.05) is 17.1 Å². The van der Waals surface area contributed by atoms with Crippen LogP contribution in [0.5, 0.6) is 0 Å². The standard InChI is InChI=1S/C24H23N3OS/c1-15-8-10-20(11-9-15)25-24-26-23(28)22(29-24)14-19-13-17(3)27(18(19)4)21-7-5-6-16(2)12-21/h5-14H,1-4H3,(H,25,26,28)/b22-14-. The Balaban J connectivity index is 1.64. The number of carbonyl (C=O) groups is 1. The minimum atomic E-state index is -0.110. The number of aryl methyl sites for hydroxylation is 3. The maximum absolute atomic E-state index is 12.5. The summed E-state index contributed by atoms with van der Waals surface area (Å²) in [5.41, 5.74) is 7.65. The number of carbonyl (C=O) groups excluding carboxylic acids is 1. The summed E-state index contributed by atoms with van der Waals surface area (Å²) in [7, 11) is 0. The number of hydrogen-bond donors (Lipinski definition) is 1. The largest absolute Gasteiger partial charge is 0.318 e. The van der Waals surface area contributed by atoms with Gasteiger partial charge >= 0.3 is 0 Å². The molecule has 4 nitrogen and oxygen atoms in total. The molecule has 1 fully saturated rings. The van der Waals surface area contributed by atoms with Gasteiger partial charge in [-0.05, 0) is 87.0 Å². The van der Waals surface area contributed by atoms with Gasteiger partial charge in [0.2, 0.25) is 0 Å². The summed E-state index contributed by atoms with van der Waals surface area (Å²) in [6.45, 7) is 8.30. The van der Waals surface area contributed by atoms with Gasteiger partial charge in [0.1, 0.15) is 0 Å². The lowest BCUT2D eigenvalue weighted by Crippen LogP contribution is -2.19. The zero-order chi connectivity index (χ0) is 20.5. The summed E-state index contributed by atoms with van der Waals surface area (Å²) < 4.78 is 2.22. The summed E-state index contributed by atoms with van der Waals surface area (Å²) in [6.07, 6.45) is 1.95. The van der Waals surface area contributed by atoms with Crippen LogP contribution < -0.4 is 5.32 Å². The predicted octanol–water partition coefficient (Wildman–Crippen LogP) is 5.60. The first-order chi connectivity index (χ1) is 13.9. The summed E-state index contributed by atoms with van der Waals surface area (Å²) in [5.74, 6) is -0.110. The minimum Gasteiger partial charge on any atom is -0.318 e. The number of aliphatic imine (C=N–C) groups is 1. The third-order valence-corrected chi connectivity index (χ3v) is 5.84. The second-order valence-corrected chi connectivity index (χ2v) is 8.35. The number of thioether (sulfide) groups is 1. The molecule has 0 aliphatic carbocycles. The first-order valence-corrected chi connectivity index (χ1v) is 10.3. The molecule has 4 rings (SSSR count). The highest BCUT2D eigenvalue weighted by Crippen LogP contribution is 2.30. The first-order valence-electron chi connectivity index (χ1n) is 9.53. The van der Waals surface area contributed by atoms with Gasteiger partial charge in [-0.1, -0.05) is 29.8 Å². The van der Waals surface area contributed by atoms with Gasteiger partial charge in [0.05, 0.1) is 10.6 Å². The molecule has 2 heterocycles. The molecule has 1 amide bonds. The summed E-state index contributed by atoms with van der Waals surface area (Å²) in [6, 6.07) is 18.5. The van der Waals surface area contributed by atoms with E-state index in [9.17, 15) is 4.79 Å². The maximum Gasteiger partial charge on any atom is 0.264 e. The van der Waals surface area contributed by atoms with E-state index in [1.807, 2.05) is 37.3 Å². The van der Waals surface area contributed by atoms with Gasteiger partial charge in [-0.2, -0.15) is 0 Å². The van der Waals surface area contributed by atoms with Crippen LogP contribution in [0.15, 0.2) is 64.5 Å². The van der Waals surface area contributed by atoms with Crippen molar-refractivity contribution in [2.75, 3.05) is 0 Å². The Hall–Kier alpha value is -3.05. The van der Waals surface area contributed by atoms with E-state index in [4.69, 9.17) is 0 Å². The van der Waals surface area contributed by atoms with Crippen LogP contribution in [-0.4, -0.2) is 15.6 Å². The number of benzene rings is 2. The molecule has 0 radical (unpaired) electrons. The Morgan fingerprint density at radius 3 is 2.45 bits per heavy atom. The van der Waals surface area contributed by atoms with Crippen molar-refractivity contribution in [1.82, 2.24) is 9.88 Å². The molecule has 0 atom stereocenters. The Bertz CT molecular complexity index is 1150. The molecule has 1 aliphatic heterocycles. The minimum absolute atomic E-state index is 0.110. The Kier molecular flexibility index (Phi) is 5.16. The highest BCUT2D eigenvalue weighted by Gasteiger charge is 2.24. The summed E-state index contributed by atoms with van der Waals surface area (Å²) >= 11 is 1.38. The molecule has 1 aliphatic rings. The highest BCUT2D eigenvalue weighted by molar-refractivity contribution is 8.18. The molecular weight excluding hydrogens is 378 g/mol. The molecule has 146 valence electrons. The van der Waals surface area contributed by atoms with Crippen molar-refractivity contribution in [3.63, 3.8) is 0 Å². The number of amidine groups is 1. The van der Waals surface area contributed by atoms with Crippen LogP contribution in [0.3, 0.4) is 0 Å². The van der Waals surface area contributed by atoms with Crippen molar-refractivity contribution >= 4 is 34.6 Å². The third kappa shape index (κ3) is 4.05. The lowest BCUT2D eigenvalue weighted by atomic mass is 10.2. The molecule has 2 aromatic carbocycles. The number of hydrogen-bond acceptors (Lipinski definition) is 3. The number of aromatic nitrogens is 1. The molecule has 29 heavy (non-hydrogen) atoms. The van der Waals surface area contributed by atoms with Crippen LogP contribution in [-0.2, 0) is 4.79 Å². The average molecular weight is 402 g/mol. The SMILES string of the molecule is Cc1ccc(N=C2NC(=O)/C(=C/c3cc(C)n(-c4cccc(C)c4)c3C)S2)cc1. The van der Waals surface area contributed by atoms with Crippen LogP contribution in [0, 0.1) is 27.7 Å². The fourth-order valence-electron chi connectivity index (χ4n) is 3.46. The van der Waals surface area contributed by atoms with Crippen molar-refractivity contribution in [3.8, 4) is 5.69 Å². The van der Waals surface area contributed by atoms with Crippen LogP contribution in [0.1, 0.15) is 28.1 Å². The fourth-order valence-corrected chi connectivity index (χ4v) is 4.29. The second-order valence-electron chi connectivity index (χ2n) is 7.32. The second kappa shape index (κ2) is 7.76. The molecule has 3 aromatic rings. The molecular formula is C24H23N3OS. The van der Waals surface area contributed by atoms with Gasteiger partial charge in [-0.3, -0.25) is 4.79 Å². The van der Waals surface area contributed by atoms with Gasteiger partial charge in [-0.15, -0.1) is 0 Å². The zero-order valence-corrected chi connectivity index (χ0v) is 17.8. The van der Waals surface area contributed by atoms with Crippen molar-refractivity contribution in [1.29, 1.82) is 0 Å². The van der Waals surface area contributed by atoms with E-state index < -0.39 is 0 Å². The van der Waals surface area contributed by atoms with Crippen LogP contribution in [0.2, 0.25) is 0 Å². The normalized spacial score (nSPS) is 16.6. The number of nitrogens with zero attached hydrogens (tertiary/aromatic N) is 2. The maximum atomic E-state index is 12.5. The van der Waals surface area contributed by atoms with Crippen LogP contribution in [0.4, 0.5) is 5.69 Å². The van der Waals surface area contributed by atoms with E-state index in [1.54, 1.807) is 0 Å². The van der Waals surface area contributed by atoms with E-state index >= 15 is 0 Å². The van der Waals surface area contributed by atoms with Crippen molar-refractivity contribution in [3.05, 3.63) is 87.6 Å². The van der Waals surface area contributed by atoms with E-state index in [0.717, 1.165) is 28.3 Å². The van der Waals surface area contributed by atoms with Gasteiger partial charge < -0.3 is 9.88 Å². The molecule has 0 unspecified atom stereocenters. The number of amides is 1. The quantitative estimate of drug-likeness (QED) is 0.581. The van der Waals surface area contributed by atoms with Crippen molar-refractivity contribution < 1.29 is 4.79 Å². The lowest BCUT2D eigenvalue weighted by Gasteiger charge is -2.10. The highest BCUT2D eigenvalue weighted by atomic mass is 32.2. The van der Waals surface area contributed by atoms with Crippen LogP contribution >= 0.6 is 11.8 Å². The van der Waals surface area contributed by atoms with E-state index in [-0.39, 0.29) is 5.91 Å². The van der Waals surface area contributed by atoms with Crippen molar-refractivity contribution in [2.45, 2.75) is 27.7 Å². The smallest absolute Gasteiger partial charge is 0.264 e.